The van der Waals surface area contributed by atoms with E-state index in [4.69, 9.17) is 4.74 Å². The van der Waals surface area contributed by atoms with Crippen LogP contribution in [0.5, 0.6) is 5.75 Å². The average Bonchev–Trinajstić information content (AvgIpc) is 2.64. The number of ether oxygens (including phenoxy) is 1. The number of amides is 2. The Morgan fingerprint density at radius 1 is 1.22 bits per heavy atom. The maximum absolute atomic E-state index is 13.0. The molecule has 27 heavy (non-hydrogen) atoms. The first-order valence-corrected chi connectivity index (χ1v) is 9.14. The molecule has 0 bridgehead atoms. The first-order valence-electron chi connectivity index (χ1n) is 9.14. The number of carbonyl (C=O) groups excluding carboxylic acids is 2. The molecular weight excluding hydrogens is 347 g/mol. The summed E-state index contributed by atoms with van der Waals surface area (Å²) >= 11 is 0. The molecule has 0 saturated carbocycles. The lowest BCUT2D eigenvalue weighted by Crippen LogP contribution is -2.44. The fraction of sp³-hybridized carbons (Fsp3) is 0.333. The minimum Gasteiger partial charge on any atom is -0.479 e. The summed E-state index contributed by atoms with van der Waals surface area (Å²) in [6.07, 6.45) is 1.48. The molecule has 1 heterocycles. The third-order valence-corrected chi connectivity index (χ3v) is 4.46. The molecule has 0 saturated heterocycles. The van der Waals surface area contributed by atoms with Crippen molar-refractivity contribution in [1.82, 2.24) is 0 Å². The van der Waals surface area contributed by atoms with Crippen molar-refractivity contribution in [2.45, 2.75) is 39.2 Å². The van der Waals surface area contributed by atoms with Gasteiger partial charge in [0.05, 0.1) is 12.1 Å². The van der Waals surface area contributed by atoms with Crippen LogP contribution in [-0.4, -0.2) is 24.5 Å². The number of hydrogen-bond donors (Lipinski definition) is 1. The van der Waals surface area contributed by atoms with Gasteiger partial charge >= 0.3 is 0 Å². The van der Waals surface area contributed by atoms with E-state index in [-0.39, 0.29) is 24.1 Å². The lowest BCUT2D eigenvalue weighted by molar-refractivity contribution is -0.125. The van der Waals surface area contributed by atoms with E-state index >= 15 is 0 Å². The van der Waals surface area contributed by atoms with Crippen molar-refractivity contribution in [2.24, 2.45) is 0 Å². The van der Waals surface area contributed by atoms with E-state index in [0.29, 0.717) is 23.7 Å². The SMILES string of the molecule is CCCCN1C(=O)C(C)Oc2ccc(NC(=O)Cc3ccc(F)cc3)cc21. The normalized spacial score (nSPS) is 15.9. The molecule has 0 aliphatic carbocycles. The average molecular weight is 370 g/mol. The molecule has 1 unspecified atom stereocenters. The van der Waals surface area contributed by atoms with Crippen molar-refractivity contribution in [2.75, 3.05) is 16.8 Å². The van der Waals surface area contributed by atoms with Gasteiger partial charge in [-0.1, -0.05) is 25.5 Å². The van der Waals surface area contributed by atoms with E-state index in [0.717, 1.165) is 18.4 Å². The Balaban J connectivity index is 1.75. The van der Waals surface area contributed by atoms with Crippen LogP contribution in [0.2, 0.25) is 0 Å². The molecule has 2 aromatic rings. The van der Waals surface area contributed by atoms with Gasteiger partial charge in [0, 0.05) is 12.2 Å². The highest BCUT2D eigenvalue weighted by molar-refractivity contribution is 6.01. The summed E-state index contributed by atoms with van der Waals surface area (Å²) in [5, 5.41) is 2.83. The summed E-state index contributed by atoms with van der Waals surface area (Å²) < 4.78 is 18.7. The van der Waals surface area contributed by atoms with Gasteiger partial charge in [-0.15, -0.1) is 0 Å². The molecule has 0 fully saturated rings. The Bertz CT molecular complexity index is 836. The summed E-state index contributed by atoms with van der Waals surface area (Å²) in [4.78, 5) is 26.5. The Kier molecular flexibility index (Phi) is 5.74. The van der Waals surface area contributed by atoms with Crippen LogP contribution in [0.15, 0.2) is 42.5 Å². The van der Waals surface area contributed by atoms with Gasteiger partial charge in [-0.25, -0.2) is 4.39 Å². The van der Waals surface area contributed by atoms with Crippen LogP contribution in [0.4, 0.5) is 15.8 Å². The number of fused-ring (bicyclic) bond motifs is 1. The number of unbranched alkanes of at least 4 members (excludes halogenated alkanes) is 1. The summed E-state index contributed by atoms with van der Waals surface area (Å²) in [5.74, 6) is 0.0125. The number of benzene rings is 2. The molecular formula is C21H23FN2O3. The minimum absolute atomic E-state index is 0.0780. The number of nitrogens with one attached hydrogen (secondary N) is 1. The van der Waals surface area contributed by atoms with E-state index in [1.54, 1.807) is 42.2 Å². The van der Waals surface area contributed by atoms with Crippen molar-refractivity contribution in [3.05, 3.63) is 53.8 Å². The molecule has 3 rings (SSSR count). The van der Waals surface area contributed by atoms with Gasteiger partial charge in [-0.2, -0.15) is 0 Å². The zero-order chi connectivity index (χ0) is 19.4. The Morgan fingerprint density at radius 3 is 2.67 bits per heavy atom. The molecule has 142 valence electrons. The van der Waals surface area contributed by atoms with Crippen LogP contribution in [-0.2, 0) is 16.0 Å². The van der Waals surface area contributed by atoms with Crippen molar-refractivity contribution in [3.63, 3.8) is 0 Å². The van der Waals surface area contributed by atoms with E-state index in [9.17, 15) is 14.0 Å². The molecule has 0 aromatic heterocycles. The summed E-state index contributed by atoms with van der Waals surface area (Å²) in [5.41, 5.74) is 1.99. The third kappa shape index (κ3) is 4.45. The zero-order valence-electron chi connectivity index (χ0n) is 15.5. The van der Waals surface area contributed by atoms with E-state index in [1.807, 2.05) is 0 Å². The fourth-order valence-corrected chi connectivity index (χ4v) is 3.02. The van der Waals surface area contributed by atoms with Gasteiger partial charge in [0.15, 0.2) is 6.10 Å². The molecule has 6 heteroatoms. The Labute approximate surface area is 158 Å². The number of halogens is 1. The monoisotopic (exact) mass is 370 g/mol. The molecule has 2 amide bonds. The Morgan fingerprint density at radius 2 is 1.96 bits per heavy atom. The van der Waals surface area contributed by atoms with Crippen LogP contribution in [0, 0.1) is 5.82 Å². The molecule has 1 aliphatic heterocycles. The summed E-state index contributed by atoms with van der Waals surface area (Å²) in [6.45, 7) is 4.42. The highest BCUT2D eigenvalue weighted by Crippen LogP contribution is 2.36. The first-order chi connectivity index (χ1) is 13.0. The first kappa shape index (κ1) is 18.9. The highest BCUT2D eigenvalue weighted by atomic mass is 19.1. The Hall–Kier alpha value is -2.89. The van der Waals surface area contributed by atoms with Crippen molar-refractivity contribution in [1.29, 1.82) is 0 Å². The van der Waals surface area contributed by atoms with E-state index in [2.05, 4.69) is 12.2 Å². The fourth-order valence-electron chi connectivity index (χ4n) is 3.02. The summed E-state index contributed by atoms with van der Waals surface area (Å²) in [6, 6.07) is 11.1. The van der Waals surface area contributed by atoms with Gasteiger partial charge < -0.3 is 15.0 Å². The molecule has 1 N–H and O–H groups in total. The molecule has 1 atom stereocenters. The van der Waals surface area contributed by atoms with Crippen LogP contribution in [0.25, 0.3) is 0 Å². The second-order valence-corrected chi connectivity index (χ2v) is 6.64. The van der Waals surface area contributed by atoms with Gasteiger partial charge in [-0.05, 0) is 49.2 Å². The van der Waals surface area contributed by atoms with Crippen molar-refractivity contribution in [3.8, 4) is 5.75 Å². The second-order valence-electron chi connectivity index (χ2n) is 6.64. The van der Waals surface area contributed by atoms with Crippen LogP contribution in [0.3, 0.4) is 0 Å². The lowest BCUT2D eigenvalue weighted by Gasteiger charge is -2.33. The molecule has 2 aromatic carbocycles. The molecule has 1 aliphatic rings. The number of rotatable bonds is 6. The third-order valence-electron chi connectivity index (χ3n) is 4.46. The largest absolute Gasteiger partial charge is 0.479 e. The zero-order valence-corrected chi connectivity index (χ0v) is 15.5. The second kappa shape index (κ2) is 8.20. The predicted octanol–water partition coefficient (Wildman–Crippen LogP) is 3.92. The minimum atomic E-state index is -0.520. The van der Waals surface area contributed by atoms with Gasteiger partial charge in [0.2, 0.25) is 5.91 Å². The lowest BCUT2D eigenvalue weighted by atomic mass is 10.1. The number of hydrogen-bond acceptors (Lipinski definition) is 3. The maximum atomic E-state index is 13.0. The number of anilines is 2. The van der Waals surface area contributed by atoms with Gasteiger partial charge in [-0.3, -0.25) is 9.59 Å². The quantitative estimate of drug-likeness (QED) is 0.838. The standard InChI is InChI=1S/C21H23FN2O3/c1-3-4-11-24-18-13-17(9-10-19(18)27-14(2)21(24)26)23-20(25)12-15-5-7-16(22)8-6-15/h5-10,13-14H,3-4,11-12H2,1-2H3,(H,23,25). The van der Waals surface area contributed by atoms with Crippen LogP contribution < -0.4 is 15.0 Å². The van der Waals surface area contributed by atoms with Gasteiger partial charge in [0.1, 0.15) is 11.6 Å². The maximum Gasteiger partial charge on any atom is 0.267 e. The van der Waals surface area contributed by atoms with Gasteiger partial charge in [0.25, 0.3) is 5.91 Å². The number of nitrogens with zero attached hydrogens (tertiary/aromatic N) is 1. The van der Waals surface area contributed by atoms with Crippen molar-refractivity contribution >= 4 is 23.2 Å². The van der Waals surface area contributed by atoms with Crippen molar-refractivity contribution < 1.29 is 18.7 Å². The van der Waals surface area contributed by atoms with Crippen LogP contribution in [0.1, 0.15) is 32.3 Å². The van der Waals surface area contributed by atoms with Crippen LogP contribution >= 0.6 is 0 Å². The molecule has 0 spiro atoms. The smallest absolute Gasteiger partial charge is 0.267 e. The molecule has 5 nitrogen and oxygen atoms in total. The number of carbonyl (C=O) groups is 2. The topological polar surface area (TPSA) is 58.6 Å². The summed E-state index contributed by atoms with van der Waals surface area (Å²) in [7, 11) is 0. The van der Waals surface area contributed by atoms with E-state index in [1.165, 1.54) is 12.1 Å². The van der Waals surface area contributed by atoms with E-state index < -0.39 is 6.10 Å². The molecule has 0 radical (unpaired) electrons. The highest BCUT2D eigenvalue weighted by Gasteiger charge is 2.31. The predicted molar refractivity (Wildman–Crippen MR) is 103 cm³/mol.